The van der Waals surface area contributed by atoms with Crippen molar-refractivity contribution in [1.82, 2.24) is 4.90 Å². The lowest BCUT2D eigenvalue weighted by atomic mass is 10.0. The molecular formula is C17H25NO. The fourth-order valence-corrected chi connectivity index (χ4v) is 3.93. The maximum Gasteiger partial charge on any atom is 0.0951 e. The van der Waals surface area contributed by atoms with Gasteiger partial charge in [0.25, 0.3) is 0 Å². The van der Waals surface area contributed by atoms with Crippen molar-refractivity contribution < 1.29 is 5.11 Å². The van der Waals surface area contributed by atoms with E-state index in [0.29, 0.717) is 12.1 Å². The van der Waals surface area contributed by atoms with Gasteiger partial charge in [0.15, 0.2) is 0 Å². The van der Waals surface area contributed by atoms with E-state index in [1.54, 1.807) is 0 Å². The monoisotopic (exact) mass is 259 g/mol. The van der Waals surface area contributed by atoms with Crippen LogP contribution in [0.2, 0.25) is 0 Å². The smallest absolute Gasteiger partial charge is 0.0951 e. The van der Waals surface area contributed by atoms with Crippen molar-refractivity contribution >= 4 is 0 Å². The third kappa shape index (κ3) is 2.44. The summed E-state index contributed by atoms with van der Waals surface area (Å²) < 4.78 is 0. The van der Waals surface area contributed by atoms with Gasteiger partial charge >= 0.3 is 0 Å². The molecule has 3 rings (SSSR count). The molecule has 2 aliphatic rings. The fourth-order valence-electron chi connectivity index (χ4n) is 3.93. The molecule has 104 valence electrons. The maximum absolute atomic E-state index is 10.7. The van der Waals surface area contributed by atoms with Crippen molar-refractivity contribution in [3.8, 4) is 0 Å². The van der Waals surface area contributed by atoms with Crippen LogP contribution in [0.4, 0.5) is 0 Å². The van der Waals surface area contributed by atoms with Crippen molar-refractivity contribution in [2.45, 2.75) is 63.6 Å². The molecule has 0 bridgehead atoms. The SMILES string of the molecule is CCC1CCCCCN1C1Cc2ccccc2C1O. The molecule has 2 nitrogen and oxygen atoms in total. The van der Waals surface area contributed by atoms with Crippen LogP contribution in [0, 0.1) is 0 Å². The molecule has 0 amide bonds. The van der Waals surface area contributed by atoms with Gasteiger partial charge in [-0.3, -0.25) is 4.90 Å². The first-order valence-electron chi connectivity index (χ1n) is 7.83. The summed E-state index contributed by atoms with van der Waals surface area (Å²) in [5.41, 5.74) is 2.51. The van der Waals surface area contributed by atoms with E-state index in [1.165, 1.54) is 37.7 Å². The Balaban J connectivity index is 1.82. The van der Waals surface area contributed by atoms with Gasteiger partial charge in [-0.1, -0.05) is 44.0 Å². The zero-order valence-electron chi connectivity index (χ0n) is 11.9. The summed E-state index contributed by atoms with van der Waals surface area (Å²) in [5, 5.41) is 10.7. The highest BCUT2D eigenvalue weighted by molar-refractivity contribution is 5.36. The zero-order valence-corrected chi connectivity index (χ0v) is 11.9. The molecule has 1 aliphatic heterocycles. The highest BCUT2D eigenvalue weighted by Crippen LogP contribution is 2.37. The van der Waals surface area contributed by atoms with Crippen molar-refractivity contribution in [2.75, 3.05) is 6.54 Å². The van der Waals surface area contributed by atoms with Crippen LogP contribution >= 0.6 is 0 Å². The van der Waals surface area contributed by atoms with Gasteiger partial charge in [-0.15, -0.1) is 0 Å². The first-order chi connectivity index (χ1) is 9.31. The normalized spacial score (nSPS) is 32.0. The number of aliphatic hydroxyl groups excluding tert-OH is 1. The van der Waals surface area contributed by atoms with Crippen LogP contribution in [0.25, 0.3) is 0 Å². The summed E-state index contributed by atoms with van der Waals surface area (Å²) in [7, 11) is 0. The molecule has 1 N–H and O–H groups in total. The molecule has 1 aromatic carbocycles. The minimum Gasteiger partial charge on any atom is -0.387 e. The van der Waals surface area contributed by atoms with Crippen LogP contribution in [0.1, 0.15) is 56.3 Å². The molecule has 0 spiro atoms. The number of benzene rings is 1. The lowest BCUT2D eigenvalue weighted by Gasteiger charge is -2.36. The molecular weight excluding hydrogens is 234 g/mol. The second-order valence-electron chi connectivity index (χ2n) is 6.06. The highest BCUT2D eigenvalue weighted by atomic mass is 16.3. The lowest BCUT2D eigenvalue weighted by molar-refractivity contribution is 0.0338. The molecule has 3 unspecified atom stereocenters. The Bertz CT molecular complexity index is 431. The van der Waals surface area contributed by atoms with Crippen molar-refractivity contribution in [2.24, 2.45) is 0 Å². The van der Waals surface area contributed by atoms with Gasteiger partial charge in [-0.25, -0.2) is 0 Å². The predicted molar refractivity (Wildman–Crippen MR) is 78.1 cm³/mol. The van der Waals surface area contributed by atoms with E-state index < -0.39 is 0 Å². The summed E-state index contributed by atoms with van der Waals surface area (Å²) in [6, 6.07) is 9.38. The number of hydrogen-bond donors (Lipinski definition) is 1. The molecule has 1 heterocycles. The number of rotatable bonds is 2. The van der Waals surface area contributed by atoms with E-state index in [4.69, 9.17) is 0 Å². The van der Waals surface area contributed by atoms with Gasteiger partial charge < -0.3 is 5.11 Å². The number of nitrogens with zero attached hydrogens (tertiary/aromatic N) is 1. The molecule has 0 saturated carbocycles. The van der Waals surface area contributed by atoms with Crippen LogP contribution in [0.3, 0.4) is 0 Å². The Kier molecular flexibility index (Phi) is 3.90. The Hall–Kier alpha value is -0.860. The summed E-state index contributed by atoms with van der Waals surface area (Å²) in [4.78, 5) is 2.61. The van der Waals surface area contributed by atoms with Crippen molar-refractivity contribution in [1.29, 1.82) is 0 Å². The summed E-state index contributed by atoms with van der Waals surface area (Å²) in [6.45, 7) is 3.45. The maximum atomic E-state index is 10.7. The van der Waals surface area contributed by atoms with E-state index in [9.17, 15) is 5.11 Å². The molecule has 1 fully saturated rings. The van der Waals surface area contributed by atoms with Gasteiger partial charge in [0.1, 0.15) is 0 Å². The average molecular weight is 259 g/mol. The Morgan fingerprint density at radius 1 is 1.21 bits per heavy atom. The largest absolute Gasteiger partial charge is 0.387 e. The topological polar surface area (TPSA) is 23.5 Å². The van der Waals surface area contributed by atoms with Crippen LogP contribution in [0.5, 0.6) is 0 Å². The van der Waals surface area contributed by atoms with E-state index in [-0.39, 0.29) is 6.10 Å². The molecule has 1 aliphatic carbocycles. The lowest BCUT2D eigenvalue weighted by Crippen LogP contribution is -2.45. The highest BCUT2D eigenvalue weighted by Gasteiger charge is 2.37. The van der Waals surface area contributed by atoms with Crippen LogP contribution < -0.4 is 0 Å². The zero-order chi connectivity index (χ0) is 13.2. The molecule has 3 atom stereocenters. The average Bonchev–Trinajstić information content (AvgIpc) is 2.64. The Labute approximate surface area is 116 Å². The first-order valence-corrected chi connectivity index (χ1v) is 7.83. The van der Waals surface area contributed by atoms with Crippen LogP contribution in [-0.4, -0.2) is 28.6 Å². The third-order valence-electron chi connectivity index (χ3n) is 4.99. The molecule has 19 heavy (non-hydrogen) atoms. The van der Waals surface area contributed by atoms with Crippen LogP contribution in [-0.2, 0) is 6.42 Å². The summed E-state index contributed by atoms with van der Waals surface area (Å²) >= 11 is 0. The Morgan fingerprint density at radius 2 is 2.05 bits per heavy atom. The van der Waals surface area contributed by atoms with Gasteiger partial charge in [-0.05, 0) is 43.4 Å². The molecule has 1 saturated heterocycles. The first kappa shape index (κ1) is 13.1. The van der Waals surface area contributed by atoms with E-state index >= 15 is 0 Å². The second kappa shape index (κ2) is 5.64. The number of fused-ring (bicyclic) bond motifs is 1. The van der Waals surface area contributed by atoms with Crippen molar-refractivity contribution in [3.05, 3.63) is 35.4 Å². The van der Waals surface area contributed by atoms with Crippen molar-refractivity contribution in [3.63, 3.8) is 0 Å². The quantitative estimate of drug-likeness (QED) is 0.881. The van der Waals surface area contributed by atoms with E-state index in [1.807, 2.05) is 6.07 Å². The molecule has 0 radical (unpaired) electrons. The van der Waals surface area contributed by atoms with Crippen LogP contribution in [0.15, 0.2) is 24.3 Å². The van der Waals surface area contributed by atoms with E-state index in [2.05, 4.69) is 30.0 Å². The second-order valence-corrected chi connectivity index (χ2v) is 6.06. The number of hydrogen-bond acceptors (Lipinski definition) is 2. The van der Waals surface area contributed by atoms with Gasteiger partial charge in [-0.2, -0.15) is 0 Å². The number of aliphatic hydroxyl groups is 1. The summed E-state index contributed by atoms with van der Waals surface area (Å²) in [5.74, 6) is 0. The number of likely N-dealkylation sites (tertiary alicyclic amines) is 1. The Morgan fingerprint density at radius 3 is 2.84 bits per heavy atom. The molecule has 2 heteroatoms. The van der Waals surface area contributed by atoms with E-state index in [0.717, 1.165) is 18.5 Å². The van der Waals surface area contributed by atoms with Gasteiger partial charge in [0.2, 0.25) is 0 Å². The summed E-state index contributed by atoms with van der Waals surface area (Å²) in [6.07, 6.45) is 7.23. The predicted octanol–water partition coefficient (Wildman–Crippen LogP) is 3.30. The minimum absolute atomic E-state index is 0.289. The fraction of sp³-hybridized carbons (Fsp3) is 0.647. The van der Waals surface area contributed by atoms with Gasteiger partial charge in [0.05, 0.1) is 6.10 Å². The van der Waals surface area contributed by atoms with Gasteiger partial charge in [0, 0.05) is 12.1 Å². The minimum atomic E-state index is -0.289. The standard InChI is InChI=1S/C17H25NO/c1-2-14-9-4-3-7-11-18(14)16-12-13-8-5-6-10-15(13)17(16)19/h5-6,8,10,14,16-17,19H,2-4,7,9,11-12H2,1H3. The molecule has 1 aromatic rings. The third-order valence-corrected chi connectivity index (χ3v) is 4.99. The molecule has 0 aromatic heterocycles.